The summed E-state index contributed by atoms with van der Waals surface area (Å²) in [6.07, 6.45) is 1.53. The maximum atomic E-state index is 13.2. The number of hydrogen-bond donors (Lipinski definition) is 0. The molecule has 2 aromatic heterocycles. The number of nitrogens with zero attached hydrogens (tertiary/aromatic N) is 3. The topological polar surface area (TPSA) is 60.4 Å². The fraction of sp³-hybridized carbons (Fsp3) is 0.174. The van der Waals surface area contributed by atoms with E-state index in [0.29, 0.717) is 33.3 Å². The van der Waals surface area contributed by atoms with Crippen LogP contribution in [0.3, 0.4) is 0 Å². The molecule has 0 unspecified atom stereocenters. The first-order valence-corrected chi connectivity index (χ1v) is 10.5. The predicted octanol–water partition coefficient (Wildman–Crippen LogP) is 6.25. The number of aromatic nitrogens is 2. The standard InChI is InChI=1S/C23H19BrClN3O2/c1-23(2,3)22-27-19-10-6-15(24)12-18(19)21(29)28(22)26-13-17-9-11-20(30-17)14-4-7-16(25)8-5-14/h4-13H,1-3H3. The second-order valence-corrected chi connectivity index (χ2v) is 9.27. The van der Waals surface area contributed by atoms with Gasteiger partial charge in [0.2, 0.25) is 0 Å². The van der Waals surface area contributed by atoms with Crippen LogP contribution in [0.15, 0.2) is 73.4 Å². The van der Waals surface area contributed by atoms with E-state index >= 15 is 0 Å². The molecule has 0 amide bonds. The monoisotopic (exact) mass is 483 g/mol. The Morgan fingerprint density at radius 2 is 1.83 bits per heavy atom. The van der Waals surface area contributed by atoms with Crippen molar-refractivity contribution in [3.8, 4) is 11.3 Å². The third-order valence-corrected chi connectivity index (χ3v) is 5.28. The summed E-state index contributed by atoms with van der Waals surface area (Å²) in [6.45, 7) is 5.99. The molecule has 0 fully saturated rings. The molecule has 152 valence electrons. The van der Waals surface area contributed by atoms with Crippen LogP contribution in [0.4, 0.5) is 0 Å². The summed E-state index contributed by atoms with van der Waals surface area (Å²) in [5.74, 6) is 1.79. The van der Waals surface area contributed by atoms with Gasteiger partial charge in [-0.2, -0.15) is 9.78 Å². The van der Waals surface area contributed by atoms with Gasteiger partial charge in [0.15, 0.2) is 0 Å². The molecule has 4 rings (SSSR count). The number of rotatable bonds is 3. The molecule has 0 aliphatic rings. The Bertz CT molecular complexity index is 1320. The van der Waals surface area contributed by atoms with Crippen molar-refractivity contribution in [2.75, 3.05) is 0 Å². The van der Waals surface area contributed by atoms with Crippen LogP contribution in [-0.2, 0) is 5.41 Å². The quantitative estimate of drug-likeness (QED) is 0.323. The Morgan fingerprint density at radius 3 is 2.53 bits per heavy atom. The van der Waals surface area contributed by atoms with Crippen LogP contribution in [0.5, 0.6) is 0 Å². The molecule has 0 spiro atoms. The summed E-state index contributed by atoms with van der Waals surface area (Å²) < 4.78 is 8.03. The van der Waals surface area contributed by atoms with Gasteiger partial charge in [-0.25, -0.2) is 4.98 Å². The zero-order chi connectivity index (χ0) is 21.5. The molecular formula is C23H19BrClN3O2. The molecule has 30 heavy (non-hydrogen) atoms. The second-order valence-electron chi connectivity index (χ2n) is 7.92. The molecule has 5 nitrogen and oxygen atoms in total. The highest BCUT2D eigenvalue weighted by Gasteiger charge is 2.23. The van der Waals surface area contributed by atoms with E-state index in [1.807, 2.05) is 51.1 Å². The molecule has 0 N–H and O–H groups in total. The Labute approximate surface area is 187 Å². The maximum absolute atomic E-state index is 13.2. The lowest BCUT2D eigenvalue weighted by molar-refractivity contribution is 0.505. The van der Waals surface area contributed by atoms with Crippen LogP contribution < -0.4 is 5.56 Å². The number of fused-ring (bicyclic) bond motifs is 1. The smallest absolute Gasteiger partial charge is 0.282 e. The van der Waals surface area contributed by atoms with E-state index in [0.717, 1.165) is 10.0 Å². The van der Waals surface area contributed by atoms with Crippen molar-refractivity contribution in [3.63, 3.8) is 0 Å². The molecule has 0 saturated heterocycles. The number of benzene rings is 2. The van der Waals surface area contributed by atoms with E-state index in [1.165, 1.54) is 10.9 Å². The third kappa shape index (κ3) is 4.11. The summed E-state index contributed by atoms with van der Waals surface area (Å²) in [6, 6.07) is 16.5. The maximum Gasteiger partial charge on any atom is 0.282 e. The van der Waals surface area contributed by atoms with Gasteiger partial charge in [0.05, 0.1) is 17.1 Å². The average molecular weight is 485 g/mol. The van der Waals surface area contributed by atoms with Crippen molar-refractivity contribution < 1.29 is 4.42 Å². The van der Waals surface area contributed by atoms with Crippen molar-refractivity contribution >= 4 is 44.6 Å². The Kier molecular flexibility index (Phi) is 5.38. The first kappa shape index (κ1) is 20.6. The van der Waals surface area contributed by atoms with Gasteiger partial charge in [0.25, 0.3) is 5.56 Å². The van der Waals surface area contributed by atoms with E-state index in [-0.39, 0.29) is 11.0 Å². The zero-order valence-corrected chi connectivity index (χ0v) is 19.0. The fourth-order valence-electron chi connectivity index (χ4n) is 3.05. The largest absolute Gasteiger partial charge is 0.455 e. The molecule has 0 atom stereocenters. The minimum Gasteiger partial charge on any atom is -0.455 e. The van der Waals surface area contributed by atoms with Crippen LogP contribution in [0.25, 0.3) is 22.2 Å². The number of halogens is 2. The summed E-state index contributed by atoms with van der Waals surface area (Å²) >= 11 is 9.36. The van der Waals surface area contributed by atoms with E-state index in [1.54, 1.807) is 24.3 Å². The first-order valence-electron chi connectivity index (χ1n) is 9.35. The van der Waals surface area contributed by atoms with Crippen LogP contribution in [0.2, 0.25) is 5.02 Å². The molecule has 2 aromatic carbocycles. The van der Waals surface area contributed by atoms with Gasteiger partial charge >= 0.3 is 0 Å². The van der Waals surface area contributed by atoms with Crippen LogP contribution in [0.1, 0.15) is 32.4 Å². The lowest BCUT2D eigenvalue weighted by atomic mass is 9.95. The Balaban J connectivity index is 1.78. The Morgan fingerprint density at radius 1 is 1.10 bits per heavy atom. The van der Waals surface area contributed by atoms with Gasteiger partial charge in [-0.15, -0.1) is 0 Å². The minimum absolute atomic E-state index is 0.230. The number of hydrogen-bond acceptors (Lipinski definition) is 4. The van der Waals surface area contributed by atoms with Crippen molar-refractivity contribution in [3.05, 3.63) is 86.0 Å². The molecule has 4 aromatic rings. The highest BCUT2D eigenvalue weighted by molar-refractivity contribution is 9.10. The van der Waals surface area contributed by atoms with E-state index in [9.17, 15) is 4.79 Å². The van der Waals surface area contributed by atoms with E-state index in [2.05, 4.69) is 21.0 Å². The van der Waals surface area contributed by atoms with Crippen molar-refractivity contribution in [1.82, 2.24) is 9.66 Å². The molecule has 0 aliphatic carbocycles. The number of furan rings is 1. The normalized spacial score (nSPS) is 12.2. The van der Waals surface area contributed by atoms with Gasteiger partial charge < -0.3 is 4.42 Å². The van der Waals surface area contributed by atoms with Crippen LogP contribution in [0, 0.1) is 0 Å². The lowest BCUT2D eigenvalue weighted by Crippen LogP contribution is -2.29. The minimum atomic E-state index is -0.380. The molecular weight excluding hydrogens is 466 g/mol. The molecule has 0 saturated carbocycles. The molecule has 0 bridgehead atoms. The van der Waals surface area contributed by atoms with E-state index in [4.69, 9.17) is 21.0 Å². The van der Waals surface area contributed by atoms with Crippen LogP contribution >= 0.6 is 27.5 Å². The summed E-state index contributed by atoms with van der Waals surface area (Å²) in [4.78, 5) is 17.9. The van der Waals surface area contributed by atoms with Crippen molar-refractivity contribution in [1.29, 1.82) is 0 Å². The zero-order valence-electron chi connectivity index (χ0n) is 16.7. The molecule has 0 aliphatic heterocycles. The van der Waals surface area contributed by atoms with Gasteiger partial charge in [0, 0.05) is 20.5 Å². The first-order chi connectivity index (χ1) is 14.2. The summed E-state index contributed by atoms with van der Waals surface area (Å²) in [5, 5.41) is 5.59. The van der Waals surface area contributed by atoms with Crippen molar-refractivity contribution in [2.45, 2.75) is 26.2 Å². The Hall–Kier alpha value is -2.70. The lowest BCUT2D eigenvalue weighted by Gasteiger charge is -2.20. The third-order valence-electron chi connectivity index (χ3n) is 4.54. The fourth-order valence-corrected chi connectivity index (χ4v) is 3.53. The van der Waals surface area contributed by atoms with Gasteiger partial charge in [0.1, 0.15) is 17.3 Å². The highest BCUT2D eigenvalue weighted by Crippen LogP contribution is 2.25. The summed E-state index contributed by atoms with van der Waals surface area (Å²) in [7, 11) is 0. The molecule has 2 heterocycles. The summed E-state index contributed by atoms with van der Waals surface area (Å²) in [5.41, 5.74) is 0.938. The second kappa shape index (κ2) is 7.85. The SMILES string of the molecule is CC(C)(C)c1nc2ccc(Br)cc2c(=O)n1N=Cc1ccc(-c2ccc(Cl)cc2)o1. The van der Waals surface area contributed by atoms with E-state index < -0.39 is 0 Å². The van der Waals surface area contributed by atoms with Gasteiger partial charge in [-0.05, 0) is 54.6 Å². The predicted molar refractivity (Wildman–Crippen MR) is 125 cm³/mol. The van der Waals surface area contributed by atoms with Gasteiger partial charge in [-0.3, -0.25) is 4.79 Å². The average Bonchev–Trinajstić information content (AvgIpc) is 3.16. The molecule has 0 radical (unpaired) electrons. The molecule has 7 heteroatoms. The van der Waals surface area contributed by atoms with Crippen molar-refractivity contribution in [2.24, 2.45) is 5.10 Å². The van der Waals surface area contributed by atoms with Crippen LogP contribution in [-0.4, -0.2) is 15.9 Å². The van der Waals surface area contributed by atoms with Gasteiger partial charge in [-0.1, -0.05) is 48.3 Å². The highest BCUT2D eigenvalue weighted by atomic mass is 79.9.